The smallest absolute Gasteiger partial charge is 0.248 e. The highest BCUT2D eigenvalue weighted by Gasteiger charge is 2.25. The van der Waals surface area contributed by atoms with Crippen molar-refractivity contribution in [1.82, 2.24) is 19.8 Å². The first-order chi connectivity index (χ1) is 18.6. The van der Waals surface area contributed by atoms with Crippen molar-refractivity contribution in [3.8, 4) is 5.75 Å². The second-order valence-electron chi connectivity index (χ2n) is 10.2. The van der Waals surface area contributed by atoms with E-state index >= 15 is 0 Å². The maximum Gasteiger partial charge on any atom is 0.248 e. The molecular formula is C29H34N6O3. The molecule has 0 spiro atoms. The minimum atomic E-state index is -0.184. The summed E-state index contributed by atoms with van der Waals surface area (Å²) in [6, 6.07) is 12.3. The fourth-order valence-electron chi connectivity index (χ4n) is 5.34. The van der Waals surface area contributed by atoms with Crippen LogP contribution >= 0.6 is 0 Å². The molecule has 38 heavy (non-hydrogen) atoms. The molecule has 1 aromatic heterocycles. The number of piperazine rings is 1. The molecule has 0 bridgehead atoms. The monoisotopic (exact) mass is 514 g/mol. The van der Waals surface area contributed by atoms with Crippen LogP contribution in [0.3, 0.4) is 0 Å². The molecule has 4 heterocycles. The second kappa shape index (κ2) is 11.1. The fraction of sp³-hybridized carbons (Fsp3) is 0.414. The number of carbonyl (C=O) groups is 1. The number of likely N-dealkylation sites (N-methyl/N-ethyl adjacent to an activating group) is 1. The minimum Gasteiger partial charge on any atom is -0.486 e. The summed E-state index contributed by atoms with van der Waals surface area (Å²) < 4.78 is 11.8. The lowest BCUT2D eigenvalue weighted by Crippen LogP contribution is -2.44. The van der Waals surface area contributed by atoms with Crippen molar-refractivity contribution < 1.29 is 14.3 Å². The van der Waals surface area contributed by atoms with Gasteiger partial charge >= 0.3 is 0 Å². The highest BCUT2D eigenvalue weighted by molar-refractivity contribution is 6.04. The van der Waals surface area contributed by atoms with Crippen molar-refractivity contribution in [2.24, 2.45) is 0 Å². The van der Waals surface area contributed by atoms with E-state index < -0.39 is 0 Å². The normalized spacial score (nSPS) is 20.3. The Bertz CT molecular complexity index is 1330. The molecule has 2 fully saturated rings. The summed E-state index contributed by atoms with van der Waals surface area (Å²) in [5, 5.41) is 3.94. The van der Waals surface area contributed by atoms with Crippen LogP contribution < -0.4 is 15.0 Å². The molecule has 1 amide bonds. The van der Waals surface area contributed by atoms with Gasteiger partial charge in [0.15, 0.2) is 0 Å². The van der Waals surface area contributed by atoms with Crippen molar-refractivity contribution in [3.05, 3.63) is 60.4 Å². The van der Waals surface area contributed by atoms with Crippen molar-refractivity contribution in [2.45, 2.75) is 18.9 Å². The number of anilines is 3. The topological polar surface area (TPSA) is 83.1 Å². The van der Waals surface area contributed by atoms with Crippen molar-refractivity contribution in [2.75, 3.05) is 69.7 Å². The fourth-order valence-corrected chi connectivity index (χ4v) is 5.34. The Balaban J connectivity index is 1.28. The third-order valence-electron chi connectivity index (χ3n) is 7.53. The first-order valence-electron chi connectivity index (χ1n) is 13.4. The summed E-state index contributed by atoms with van der Waals surface area (Å²) in [6.07, 6.45) is 6.87. The van der Waals surface area contributed by atoms with Crippen LogP contribution in [0.4, 0.5) is 17.2 Å². The third kappa shape index (κ3) is 5.36. The van der Waals surface area contributed by atoms with E-state index in [0.717, 1.165) is 74.5 Å². The maximum absolute atomic E-state index is 13.0. The van der Waals surface area contributed by atoms with Gasteiger partial charge in [0.1, 0.15) is 24.0 Å². The van der Waals surface area contributed by atoms with Crippen LogP contribution in [0.5, 0.6) is 5.75 Å². The summed E-state index contributed by atoms with van der Waals surface area (Å²) in [4.78, 5) is 29.1. The molecule has 3 aliphatic heterocycles. The van der Waals surface area contributed by atoms with Crippen LogP contribution in [0, 0.1) is 0 Å². The molecule has 9 heteroatoms. The predicted octanol–water partition coefficient (Wildman–Crippen LogP) is 3.23. The predicted molar refractivity (Wildman–Crippen MR) is 148 cm³/mol. The lowest BCUT2D eigenvalue weighted by atomic mass is 10.1. The number of hydrogen-bond donors (Lipinski definition) is 1. The molecule has 3 aliphatic rings. The lowest BCUT2D eigenvalue weighted by Gasteiger charge is -2.31. The largest absolute Gasteiger partial charge is 0.486 e. The number of fused-ring (bicyclic) bond motifs is 2. The molecule has 198 valence electrons. The molecule has 2 aromatic carbocycles. The Labute approximate surface area is 223 Å². The Morgan fingerprint density at radius 1 is 1.16 bits per heavy atom. The minimum absolute atomic E-state index is 0.0531. The molecule has 6 rings (SSSR count). The van der Waals surface area contributed by atoms with E-state index in [1.807, 2.05) is 18.2 Å². The number of para-hydroxylation sites is 1. The van der Waals surface area contributed by atoms with E-state index in [4.69, 9.17) is 9.47 Å². The highest BCUT2D eigenvalue weighted by Crippen LogP contribution is 2.39. The summed E-state index contributed by atoms with van der Waals surface area (Å²) in [5.74, 6) is 1.24. The average molecular weight is 515 g/mol. The lowest BCUT2D eigenvalue weighted by molar-refractivity contribution is -0.111. The Morgan fingerprint density at radius 3 is 2.87 bits per heavy atom. The number of hydrogen-bond acceptors (Lipinski definition) is 8. The van der Waals surface area contributed by atoms with Gasteiger partial charge in [-0.15, -0.1) is 0 Å². The van der Waals surface area contributed by atoms with Gasteiger partial charge in [0, 0.05) is 68.9 Å². The Hall–Kier alpha value is -3.53. The van der Waals surface area contributed by atoms with Gasteiger partial charge in [-0.2, -0.15) is 0 Å². The molecule has 2 saturated heterocycles. The first-order valence-corrected chi connectivity index (χ1v) is 13.4. The molecular weight excluding hydrogens is 480 g/mol. The molecule has 0 saturated carbocycles. The van der Waals surface area contributed by atoms with Gasteiger partial charge in [0.25, 0.3) is 0 Å². The SMILES string of the molecule is CN1CCN(C/C=C/C(=O)Nc2cc3c(N4CCc5ccccc54)ncnc3cc2O[C@@H]2CCOC2)CC1. The van der Waals surface area contributed by atoms with Crippen molar-refractivity contribution in [3.63, 3.8) is 0 Å². The van der Waals surface area contributed by atoms with Crippen molar-refractivity contribution in [1.29, 1.82) is 0 Å². The number of rotatable bonds is 7. The van der Waals surface area contributed by atoms with E-state index in [2.05, 4.69) is 61.3 Å². The second-order valence-corrected chi connectivity index (χ2v) is 10.2. The van der Waals surface area contributed by atoms with E-state index in [0.29, 0.717) is 24.7 Å². The number of ether oxygens (including phenoxy) is 2. The summed E-state index contributed by atoms with van der Waals surface area (Å²) >= 11 is 0. The van der Waals surface area contributed by atoms with Crippen LogP contribution in [0.2, 0.25) is 0 Å². The van der Waals surface area contributed by atoms with Gasteiger partial charge in [-0.3, -0.25) is 9.69 Å². The molecule has 0 aliphatic carbocycles. The Kier molecular flexibility index (Phi) is 7.22. The molecule has 3 aromatic rings. The average Bonchev–Trinajstić information content (AvgIpc) is 3.60. The molecule has 0 unspecified atom stereocenters. The number of nitrogens with zero attached hydrogens (tertiary/aromatic N) is 5. The molecule has 0 radical (unpaired) electrons. The zero-order valence-electron chi connectivity index (χ0n) is 21.8. The zero-order valence-corrected chi connectivity index (χ0v) is 21.8. The maximum atomic E-state index is 13.0. The first kappa shape index (κ1) is 24.8. The number of carbonyl (C=O) groups excluding carboxylic acids is 1. The van der Waals surface area contributed by atoms with Crippen LogP contribution in [0.15, 0.2) is 54.9 Å². The van der Waals surface area contributed by atoms with E-state index in [1.54, 1.807) is 12.4 Å². The van der Waals surface area contributed by atoms with Gasteiger partial charge in [-0.1, -0.05) is 24.3 Å². The summed E-state index contributed by atoms with van der Waals surface area (Å²) in [6.45, 7) is 6.94. The van der Waals surface area contributed by atoms with Crippen LogP contribution in [0.1, 0.15) is 12.0 Å². The van der Waals surface area contributed by atoms with Crippen LogP contribution in [-0.4, -0.2) is 91.3 Å². The van der Waals surface area contributed by atoms with Crippen LogP contribution in [0.25, 0.3) is 10.9 Å². The number of aromatic nitrogens is 2. The van der Waals surface area contributed by atoms with Gasteiger partial charge in [-0.25, -0.2) is 9.97 Å². The van der Waals surface area contributed by atoms with Gasteiger partial charge in [0.2, 0.25) is 5.91 Å². The molecule has 1 atom stereocenters. The van der Waals surface area contributed by atoms with E-state index in [1.165, 1.54) is 5.56 Å². The highest BCUT2D eigenvalue weighted by atomic mass is 16.5. The molecule has 1 N–H and O–H groups in total. The number of benzene rings is 2. The molecule has 9 nitrogen and oxygen atoms in total. The van der Waals surface area contributed by atoms with Gasteiger partial charge in [-0.05, 0) is 31.2 Å². The van der Waals surface area contributed by atoms with Gasteiger partial charge < -0.3 is 24.6 Å². The van der Waals surface area contributed by atoms with Crippen LogP contribution in [-0.2, 0) is 16.0 Å². The van der Waals surface area contributed by atoms with E-state index in [-0.39, 0.29) is 12.0 Å². The van der Waals surface area contributed by atoms with E-state index in [9.17, 15) is 4.79 Å². The Morgan fingerprint density at radius 2 is 2.03 bits per heavy atom. The van der Waals surface area contributed by atoms with Crippen molar-refractivity contribution >= 4 is 34.0 Å². The van der Waals surface area contributed by atoms with Gasteiger partial charge in [0.05, 0.1) is 24.4 Å². The summed E-state index contributed by atoms with van der Waals surface area (Å²) in [5.41, 5.74) is 3.85. The number of nitrogens with one attached hydrogen (secondary N) is 1. The standard InChI is InChI=1S/C29H34N6O3/c1-33-12-14-34(15-13-33)10-4-7-28(36)32-25-17-23-24(18-27(25)38-22-9-16-37-19-22)30-20-31-29(23)35-11-8-21-5-2-3-6-26(21)35/h2-7,17-18,20,22H,8-16,19H2,1H3,(H,32,36)/b7-4+/t22-/m1/s1. The third-order valence-corrected chi connectivity index (χ3v) is 7.53. The zero-order chi connectivity index (χ0) is 25.9. The summed E-state index contributed by atoms with van der Waals surface area (Å²) in [7, 11) is 2.14. The quantitative estimate of drug-likeness (QED) is 0.482. The number of amides is 1.